The summed E-state index contributed by atoms with van der Waals surface area (Å²) in [5, 5.41) is 4.44. The average molecular weight is 409 g/mol. The van der Waals surface area contributed by atoms with Crippen LogP contribution >= 0.6 is 27.5 Å². The van der Waals surface area contributed by atoms with Crippen molar-refractivity contribution < 1.29 is 9.18 Å². The first-order valence-electron chi connectivity index (χ1n) is 7.17. The third-order valence-electron chi connectivity index (χ3n) is 3.51. The van der Waals surface area contributed by atoms with E-state index in [0.29, 0.717) is 27.9 Å². The molecule has 122 valence electrons. The van der Waals surface area contributed by atoms with E-state index < -0.39 is 11.9 Å². The number of benzene rings is 1. The van der Waals surface area contributed by atoms with Gasteiger partial charge in [0, 0.05) is 40.6 Å². The van der Waals surface area contributed by atoms with Crippen molar-refractivity contribution in [2.24, 2.45) is 0 Å². The first-order valence-corrected chi connectivity index (χ1v) is 8.34. The van der Waals surface area contributed by atoms with Gasteiger partial charge >= 0.3 is 0 Å². The molecular weight excluding hydrogens is 397 g/mol. The van der Waals surface area contributed by atoms with Crippen LogP contribution in [-0.2, 0) is 6.42 Å². The smallest absolute Gasteiger partial charge is 0.256 e. The molecule has 3 aromatic rings. The highest BCUT2D eigenvalue weighted by molar-refractivity contribution is 9.10. The van der Waals surface area contributed by atoms with Crippen molar-refractivity contribution >= 4 is 44.2 Å². The number of nitrogens with zero attached hydrogens (tertiary/aromatic N) is 2. The van der Waals surface area contributed by atoms with Crippen LogP contribution in [0.3, 0.4) is 0 Å². The molecule has 0 unspecified atom stereocenters. The zero-order valence-corrected chi connectivity index (χ0v) is 14.7. The van der Waals surface area contributed by atoms with Crippen LogP contribution in [0.5, 0.6) is 0 Å². The van der Waals surface area contributed by atoms with Crippen LogP contribution in [0.4, 0.5) is 4.39 Å². The van der Waals surface area contributed by atoms with Gasteiger partial charge in [0.1, 0.15) is 5.56 Å². The Balaban J connectivity index is 1.75. The number of hydrogen-bond donors (Lipinski definition) is 1. The van der Waals surface area contributed by atoms with Crippen LogP contribution in [0.1, 0.15) is 16.1 Å². The number of carbonyl (C=O) groups excluding carboxylic acids is 1. The summed E-state index contributed by atoms with van der Waals surface area (Å²) < 4.78 is 14.8. The van der Waals surface area contributed by atoms with Gasteiger partial charge in [-0.15, -0.1) is 0 Å². The lowest BCUT2D eigenvalue weighted by Gasteiger charge is -2.09. The van der Waals surface area contributed by atoms with Crippen molar-refractivity contribution in [3.05, 3.63) is 69.4 Å². The lowest BCUT2D eigenvalue weighted by atomic mass is 10.1. The van der Waals surface area contributed by atoms with Crippen LogP contribution in [-0.4, -0.2) is 22.4 Å². The molecule has 4 nitrogen and oxygen atoms in total. The van der Waals surface area contributed by atoms with Crippen molar-refractivity contribution in [1.82, 2.24) is 15.3 Å². The molecule has 0 spiro atoms. The van der Waals surface area contributed by atoms with E-state index in [9.17, 15) is 9.18 Å². The van der Waals surface area contributed by atoms with Gasteiger partial charge in [0.2, 0.25) is 5.95 Å². The Labute approximate surface area is 151 Å². The maximum atomic E-state index is 14.0. The molecule has 1 amide bonds. The molecule has 0 fully saturated rings. The maximum absolute atomic E-state index is 14.0. The number of carbonyl (C=O) groups is 1. The third kappa shape index (κ3) is 3.55. The van der Waals surface area contributed by atoms with Gasteiger partial charge in [-0.1, -0.05) is 35.9 Å². The second-order valence-corrected chi connectivity index (χ2v) is 6.42. The molecular formula is C17H12BrClFN3O. The van der Waals surface area contributed by atoms with E-state index in [2.05, 4.69) is 31.2 Å². The minimum Gasteiger partial charge on any atom is -0.351 e. The van der Waals surface area contributed by atoms with Crippen LogP contribution in [0.2, 0.25) is 5.02 Å². The highest BCUT2D eigenvalue weighted by Gasteiger charge is 2.16. The fourth-order valence-corrected chi connectivity index (χ4v) is 3.09. The van der Waals surface area contributed by atoms with E-state index in [0.717, 1.165) is 4.47 Å². The molecule has 7 heteroatoms. The summed E-state index contributed by atoms with van der Waals surface area (Å²) in [6.45, 7) is 0.288. The Morgan fingerprint density at radius 3 is 2.83 bits per heavy atom. The van der Waals surface area contributed by atoms with Gasteiger partial charge in [-0.05, 0) is 22.0 Å². The van der Waals surface area contributed by atoms with Gasteiger partial charge in [-0.3, -0.25) is 9.78 Å². The predicted octanol–water partition coefficient (Wildman–Crippen LogP) is 4.16. The van der Waals surface area contributed by atoms with E-state index in [1.54, 1.807) is 30.5 Å². The fourth-order valence-electron chi connectivity index (χ4n) is 2.36. The minimum atomic E-state index is -0.786. The lowest BCUT2D eigenvalue weighted by molar-refractivity contribution is 0.0951. The Hall–Kier alpha value is -2.05. The summed E-state index contributed by atoms with van der Waals surface area (Å²) in [7, 11) is 0. The molecule has 0 aliphatic carbocycles. The number of halogens is 3. The van der Waals surface area contributed by atoms with E-state index in [-0.39, 0.29) is 12.1 Å². The number of pyridine rings is 2. The van der Waals surface area contributed by atoms with Crippen LogP contribution in [0, 0.1) is 5.95 Å². The summed E-state index contributed by atoms with van der Waals surface area (Å²) in [4.78, 5) is 20.2. The highest BCUT2D eigenvalue weighted by atomic mass is 79.9. The Morgan fingerprint density at radius 1 is 1.25 bits per heavy atom. The molecule has 0 saturated heterocycles. The number of nitrogens with one attached hydrogen (secondary N) is 1. The number of aromatic nitrogens is 2. The Morgan fingerprint density at radius 2 is 2.04 bits per heavy atom. The number of rotatable bonds is 4. The van der Waals surface area contributed by atoms with Crippen molar-refractivity contribution in [1.29, 1.82) is 0 Å². The van der Waals surface area contributed by atoms with Crippen molar-refractivity contribution in [3.8, 4) is 0 Å². The normalized spacial score (nSPS) is 10.8. The average Bonchev–Trinajstić information content (AvgIpc) is 2.56. The van der Waals surface area contributed by atoms with E-state index in [4.69, 9.17) is 11.6 Å². The minimum absolute atomic E-state index is 0.0528. The molecule has 3 rings (SSSR count). The van der Waals surface area contributed by atoms with Crippen molar-refractivity contribution in [2.75, 3.05) is 6.54 Å². The maximum Gasteiger partial charge on any atom is 0.256 e. The van der Waals surface area contributed by atoms with Crippen LogP contribution < -0.4 is 5.32 Å². The third-order valence-corrected chi connectivity index (χ3v) is 4.27. The van der Waals surface area contributed by atoms with E-state index >= 15 is 0 Å². The topological polar surface area (TPSA) is 54.9 Å². The molecule has 1 N–H and O–H groups in total. The fraction of sp³-hybridized carbons (Fsp3) is 0.118. The predicted molar refractivity (Wildman–Crippen MR) is 94.7 cm³/mol. The largest absolute Gasteiger partial charge is 0.351 e. The Kier molecular flexibility index (Phi) is 5.06. The number of fused-ring (bicyclic) bond motifs is 1. The molecule has 2 heterocycles. The number of amides is 1. The van der Waals surface area contributed by atoms with Crippen molar-refractivity contribution in [2.45, 2.75) is 6.42 Å². The summed E-state index contributed by atoms with van der Waals surface area (Å²) in [6.07, 6.45) is 3.49. The molecule has 0 aliphatic rings. The van der Waals surface area contributed by atoms with Gasteiger partial charge in [0.05, 0.1) is 10.7 Å². The SMILES string of the molecule is O=C(NCCc1ncc(Br)cc1Cl)c1c(F)ncc2ccccc12. The van der Waals surface area contributed by atoms with Gasteiger partial charge in [-0.2, -0.15) is 4.39 Å². The number of hydrogen-bond acceptors (Lipinski definition) is 3. The Bertz CT molecular complexity index is 919. The molecule has 0 bridgehead atoms. The van der Waals surface area contributed by atoms with Crippen LogP contribution in [0.15, 0.2) is 47.2 Å². The standard InChI is InChI=1S/C17H12BrClFN3O/c18-11-7-13(19)14(22-9-11)5-6-21-17(24)15-12-4-2-1-3-10(12)8-23-16(15)20/h1-4,7-9H,5-6H2,(H,21,24). The molecule has 0 saturated carbocycles. The first-order chi connectivity index (χ1) is 11.6. The second-order valence-electron chi connectivity index (χ2n) is 5.10. The molecule has 0 atom stereocenters. The summed E-state index contributed by atoms with van der Waals surface area (Å²) in [5.74, 6) is -1.30. The molecule has 0 radical (unpaired) electrons. The quantitative estimate of drug-likeness (QED) is 0.660. The molecule has 0 aliphatic heterocycles. The second kappa shape index (κ2) is 7.23. The van der Waals surface area contributed by atoms with Gasteiger partial charge in [0.15, 0.2) is 0 Å². The highest BCUT2D eigenvalue weighted by Crippen LogP contribution is 2.21. The summed E-state index contributed by atoms with van der Waals surface area (Å²) in [6, 6.07) is 8.78. The first kappa shape index (κ1) is 16.8. The van der Waals surface area contributed by atoms with Crippen LogP contribution in [0.25, 0.3) is 10.8 Å². The van der Waals surface area contributed by atoms with Gasteiger partial charge < -0.3 is 5.32 Å². The van der Waals surface area contributed by atoms with E-state index in [1.165, 1.54) is 6.20 Å². The van der Waals surface area contributed by atoms with Gasteiger partial charge in [-0.25, -0.2) is 4.98 Å². The lowest BCUT2D eigenvalue weighted by Crippen LogP contribution is -2.27. The zero-order chi connectivity index (χ0) is 17.1. The molecule has 24 heavy (non-hydrogen) atoms. The zero-order valence-electron chi connectivity index (χ0n) is 12.4. The monoisotopic (exact) mass is 407 g/mol. The molecule has 2 aromatic heterocycles. The summed E-state index contributed by atoms with van der Waals surface area (Å²) >= 11 is 9.37. The van der Waals surface area contributed by atoms with Gasteiger partial charge in [0.25, 0.3) is 5.91 Å². The molecule has 1 aromatic carbocycles. The summed E-state index contributed by atoms with van der Waals surface area (Å²) in [5.41, 5.74) is 0.611. The van der Waals surface area contributed by atoms with Crippen molar-refractivity contribution in [3.63, 3.8) is 0 Å². The van der Waals surface area contributed by atoms with E-state index in [1.807, 2.05) is 6.07 Å².